The highest BCUT2D eigenvalue weighted by atomic mass is 19.2. The molecule has 1 atom stereocenters. The van der Waals surface area contributed by atoms with Gasteiger partial charge in [0, 0.05) is 6.04 Å². The summed E-state index contributed by atoms with van der Waals surface area (Å²) in [5.41, 5.74) is -1.18. The Morgan fingerprint density at radius 1 is 1.43 bits per heavy atom. The van der Waals surface area contributed by atoms with Gasteiger partial charge in [-0.25, -0.2) is 8.78 Å². The number of hydrogen-bond acceptors (Lipinski definition) is 3. The van der Waals surface area contributed by atoms with Crippen LogP contribution in [-0.2, 0) is 0 Å². The Morgan fingerprint density at radius 2 is 2.05 bits per heavy atom. The maximum atomic E-state index is 13.2. The van der Waals surface area contributed by atoms with Gasteiger partial charge in [-0.3, -0.25) is 14.9 Å². The molecular formula is C14H16F2N2O3. The second-order valence-electron chi connectivity index (χ2n) is 5.30. The van der Waals surface area contributed by atoms with Crippen LogP contribution in [0.1, 0.15) is 43.0 Å². The van der Waals surface area contributed by atoms with Crippen LogP contribution in [0.3, 0.4) is 0 Å². The molecule has 0 aliphatic heterocycles. The Bertz CT molecular complexity index is 574. The molecule has 1 unspecified atom stereocenters. The fraction of sp³-hybridized carbons (Fsp3) is 0.500. The molecule has 0 aromatic heterocycles. The van der Waals surface area contributed by atoms with Crippen molar-refractivity contribution in [3.8, 4) is 0 Å². The van der Waals surface area contributed by atoms with E-state index in [9.17, 15) is 23.7 Å². The van der Waals surface area contributed by atoms with Crippen LogP contribution in [0, 0.1) is 27.7 Å². The van der Waals surface area contributed by atoms with E-state index in [1.54, 1.807) is 0 Å². The van der Waals surface area contributed by atoms with E-state index in [-0.39, 0.29) is 6.04 Å². The van der Waals surface area contributed by atoms with E-state index in [4.69, 9.17) is 0 Å². The van der Waals surface area contributed by atoms with E-state index in [1.165, 1.54) is 0 Å². The predicted molar refractivity (Wildman–Crippen MR) is 71.9 cm³/mol. The monoisotopic (exact) mass is 298 g/mol. The molecule has 0 radical (unpaired) electrons. The third-order valence-corrected chi connectivity index (χ3v) is 3.62. The number of nitro benzene ring substituents is 1. The van der Waals surface area contributed by atoms with E-state index < -0.39 is 33.7 Å². The standard InChI is InChI=1S/C14H16F2N2O3/c1-2-9(5-8-3-4-8)17-14(19)10-6-11(15)12(16)7-13(10)18(20)21/h6-9H,2-5H2,1H3,(H,17,19). The zero-order chi connectivity index (χ0) is 15.6. The summed E-state index contributed by atoms with van der Waals surface area (Å²) in [5, 5.41) is 13.5. The third-order valence-electron chi connectivity index (χ3n) is 3.62. The van der Waals surface area contributed by atoms with Crippen LogP contribution in [0.4, 0.5) is 14.5 Å². The average molecular weight is 298 g/mol. The van der Waals surface area contributed by atoms with Crippen molar-refractivity contribution in [1.82, 2.24) is 5.32 Å². The number of carbonyl (C=O) groups excluding carboxylic acids is 1. The van der Waals surface area contributed by atoms with E-state index in [1.807, 2.05) is 6.92 Å². The Kier molecular flexibility index (Phi) is 4.50. The third kappa shape index (κ3) is 3.74. The number of benzene rings is 1. The van der Waals surface area contributed by atoms with Crippen LogP contribution in [0.2, 0.25) is 0 Å². The Labute approximate surface area is 120 Å². The Balaban J connectivity index is 2.20. The lowest BCUT2D eigenvalue weighted by atomic mass is 10.1. The first-order valence-corrected chi connectivity index (χ1v) is 6.86. The number of hydrogen-bond donors (Lipinski definition) is 1. The fourth-order valence-corrected chi connectivity index (χ4v) is 2.22. The molecular weight excluding hydrogens is 282 g/mol. The summed E-state index contributed by atoms with van der Waals surface area (Å²) >= 11 is 0. The molecule has 0 spiro atoms. The molecule has 1 aromatic carbocycles. The quantitative estimate of drug-likeness (QED) is 0.647. The lowest BCUT2D eigenvalue weighted by Gasteiger charge is -2.16. The van der Waals surface area contributed by atoms with Crippen molar-refractivity contribution in [3.63, 3.8) is 0 Å². The second-order valence-corrected chi connectivity index (χ2v) is 5.30. The van der Waals surface area contributed by atoms with Gasteiger partial charge in [-0.15, -0.1) is 0 Å². The summed E-state index contributed by atoms with van der Waals surface area (Å²) in [6, 6.07) is 0.899. The van der Waals surface area contributed by atoms with Crippen LogP contribution in [0.5, 0.6) is 0 Å². The van der Waals surface area contributed by atoms with Crippen LogP contribution in [-0.4, -0.2) is 16.9 Å². The molecule has 5 nitrogen and oxygen atoms in total. The summed E-state index contributed by atoms with van der Waals surface area (Å²) in [4.78, 5) is 22.1. The van der Waals surface area contributed by atoms with Crippen molar-refractivity contribution in [2.24, 2.45) is 5.92 Å². The van der Waals surface area contributed by atoms with Crippen LogP contribution in [0.25, 0.3) is 0 Å². The van der Waals surface area contributed by atoms with Crippen LogP contribution < -0.4 is 5.32 Å². The van der Waals surface area contributed by atoms with Crippen molar-refractivity contribution < 1.29 is 18.5 Å². The largest absolute Gasteiger partial charge is 0.349 e. The molecule has 7 heteroatoms. The second kappa shape index (κ2) is 6.15. The molecule has 1 aliphatic rings. The predicted octanol–water partition coefficient (Wildman–Crippen LogP) is 3.18. The number of nitrogens with one attached hydrogen (secondary N) is 1. The summed E-state index contributed by atoms with van der Waals surface area (Å²) < 4.78 is 26.3. The lowest BCUT2D eigenvalue weighted by molar-refractivity contribution is -0.385. The SMILES string of the molecule is CCC(CC1CC1)NC(=O)c1cc(F)c(F)cc1[N+](=O)[O-]. The average Bonchev–Trinajstić information content (AvgIpc) is 3.24. The molecule has 0 bridgehead atoms. The highest BCUT2D eigenvalue weighted by Gasteiger charge is 2.28. The van der Waals surface area contributed by atoms with Gasteiger partial charge in [-0.05, 0) is 24.8 Å². The summed E-state index contributed by atoms with van der Waals surface area (Å²) in [6.45, 7) is 1.90. The molecule has 21 heavy (non-hydrogen) atoms. The van der Waals surface area contributed by atoms with E-state index in [0.29, 0.717) is 24.5 Å². The van der Waals surface area contributed by atoms with Gasteiger partial charge < -0.3 is 5.32 Å². The smallest absolute Gasteiger partial charge is 0.285 e. The van der Waals surface area contributed by atoms with E-state index in [2.05, 4.69) is 5.32 Å². The number of carbonyl (C=O) groups is 1. The van der Waals surface area contributed by atoms with Gasteiger partial charge in [0.25, 0.3) is 11.6 Å². The first kappa shape index (κ1) is 15.3. The van der Waals surface area contributed by atoms with Crippen molar-refractivity contribution in [1.29, 1.82) is 0 Å². The minimum Gasteiger partial charge on any atom is -0.349 e. The minimum atomic E-state index is -1.34. The van der Waals surface area contributed by atoms with E-state index in [0.717, 1.165) is 19.3 Å². The first-order chi connectivity index (χ1) is 9.92. The molecule has 1 aromatic rings. The van der Waals surface area contributed by atoms with Gasteiger partial charge in [0.05, 0.1) is 11.0 Å². The molecule has 114 valence electrons. The van der Waals surface area contributed by atoms with Gasteiger partial charge in [-0.1, -0.05) is 19.8 Å². The van der Waals surface area contributed by atoms with Gasteiger partial charge in [-0.2, -0.15) is 0 Å². The topological polar surface area (TPSA) is 72.2 Å². The van der Waals surface area contributed by atoms with Gasteiger partial charge in [0.15, 0.2) is 11.6 Å². The molecule has 1 aliphatic carbocycles. The van der Waals surface area contributed by atoms with E-state index >= 15 is 0 Å². The Morgan fingerprint density at radius 3 is 2.57 bits per heavy atom. The summed E-state index contributed by atoms with van der Waals surface area (Å²) in [7, 11) is 0. The van der Waals surface area contributed by atoms with Crippen LogP contribution in [0.15, 0.2) is 12.1 Å². The van der Waals surface area contributed by atoms with Crippen molar-refractivity contribution in [3.05, 3.63) is 39.4 Å². The number of nitro groups is 1. The van der Waals surface area contributed by atoms with Crippen molar-refractivity contribution in [2.45, 2.75) is 38.6 Å². The summed E-state index contributed by atoms with van der Waals surface area (Å²) in [5.74, 6) is -2.78. The van der Waals surface area contributed by atoms with Crippen molar-refractivity contribution in [2.75, 3.05) is 0 Å². The summed E-state index contributed by atoms with van der Waals surface area (Å²) in [6.07, 6.45) is 3.73. The Hall–Kier alpha value is -2.05. The first-order valence-electron chi connectivity index (χ1n) is 6.86. The molecule has 0 heterocycles. The number of rotatable bonds is 6. The fourth-order valence-electron chi connectivity index (χ4n) is 2.22. The zero-order valence-corrected chi connectivity index (χ0v) is 11.6. The van der Waals surface area contributed by atoms with Gasteiger partial charge in [0.2, 0.25) is 0 Å². The number of nitrogens with zero attached hydrogens (tertiary/aromatic N) is 1. The normalized spacial score (nSPS) is 15.6. The molecule has 2 rings (SSSR count). The maximum absolute atomic E-state index is 13.2. The molecule has 1 fully saturated rings. The van der Waals surface area contributed by atoms with Crippen LogP contribution >= 0.6 is 0 Å². The molecule has 0 saturated heterocycles. The highest BCUT2D eigenvalue weighted by Crippen LogP contribution is 2.34. The number of halogens is 2. The molecule has 1 saturated carbocycles. The highest BCUT2D eigenvalue weighted by molar-refractivity contribution is 5.98. The minimum absolute atomic E-state index is 0.113. The van der Waals surface area contributed by atoms with Crippen molar-refractivity contribution >= 4 is 11.6 Å². The number of amides is 1. The lowest BCUT2D eigenvalue weighted by Crippen LogP contribution is -2.35. The van der Waals surface area contributed by atoms with Gasteiger partial charge >= 0.3 is 0 Å². The molecule has 1 N–H and O–H groups in total. The maximum Gasteiger partial charge on any atom is 0.285 e. The van der Waals surface area contributed by atoms with Gasteiger partial charge in [0.1, 0.15) is 5.56 Å². The zero-order valence-electron chi connectivity index (χ0n) is 11.6. The molecule has 1 amide bonds.